The maximum Gasteiger partial charge on any atom is 0.271 e. The van der Waals surface area contributed by atoms with E-state index in [0.717, 1.165) is 11.1 Å². The standard InChI is InChI=1S/C37H47N7O7S/c1-22(2)32-35(49)39-25(5)37(50)43(6)16-17-44(31(46)20-51-29-15-11-10-12-23(29)3)19-30(45)40-27(18-26-13-8-7-9-14-26)36-41-28(21-52-36)34(48)38-24(4)33(47)42-32/h7-15,21-22,24-25,27,32H,16-20H2,1-6H3,(H,38,48)(H,39,49)(H,40,45)(H,42,47)/t24-,25+,27-,32-/m0/s1. The monoisotopic (exact) mass is 733 g/mol. The number of hydrogen-bond acceptors (Lipinski definition) is 9. The number of hydrogen-bond donors (Lipinski definition) is 4. The molecule has 14 nitrogen and oxygen atoms in total. The second kappa shape index (κ2) is 18.3. The number of likely N-dealkylation sites (N-methyl/N-ethyl adjacent to an activating group) is 1. The fraction of sp³-hybridized carbons (Fsp3) is 0.432. The lowest BCUT2D eigenvalue weighted by molar-refractivity contribution is -0.140. The number of rotatable bonds is 6. The quantitative estimate of drug-likeness (QED) is 0.297. The van der Waals surface area contributed by atoms with Crippen molar-refractivity contribution in [2.75, 3.05) is 33.3 Å². The van der Waals surface area contributed by atoms with Crippen LogP contribution in [0.15, 0.2) is 60.0 Å². The Hall–Kier alpha value is -5.31. The van der Waals surface area contributed by atoms with Crippen molar-refractivity contribution in [1.29, 1.82) is 0 Å². The van der Waals surface area contributed by atoms with Crippen LogP contribution < -0.4 is 26.0 Å². The maximum atomic E-state index is 13.7. The predicted octanol–water partition coefficient (Wildman–Crippen LogP) is 1.99. The fourth-order valence-electron chi connectivity index (χ4n) is 5.48. The number of nitrogens with zero attached hydrogens (tertiary/aromatic N) is 3. The predicted molar refractivity (Wildman–Crippen MR) is 195 cm³/mol. The Kier molecular flexibility index (Phi) is 13.9. The van der Waals surface area contributed by atoms with Crippen molar-refractivity contribution in [3.63, 3.8) is 0 Å². The van der Waals surface area contributed by atoms with E-state index in [9.17, 15) is 28.8 Å². The van der Waals surface area contributed by atoms with Crippen LogP contribution in [0.1, 0.15) is 60.4 Å². The molecule has 2 aromatic carbocycles. The molecule has 6 amide bonds. The average Bonchev–Trinajstić information content (AvgIpc) is 3.61. The molecular weight excluding hydrogens is 687 g/mol. The number of aryl methyl sites for hydroxylation is 1. The molecule has 0 unspecified atom stereocenters. The SMILES string of the molecule is Cc1ccccc1OCC(=O)N1CCN(C)C(=O)[C@@H](C)NC(=O)[C@H](C(C)C)NC(=O)[C@H](C)NC(=O)c2csc(n2)[C@H](Cc2ccccc2)NC(=O)C1. The summed E-state index contributed by atoms with van der Waals surface area (Å²) in [6.07, 6.45) is 0.344. The van der Waals surface area contributed by atoms with E-state index in [1.165, 1.54) is 42.0 Å². The molecule has 0 radical (unpaired) electrons. The summed E-state index contributed by atoms with van der Waals surface area (Å²) in [6.45, 7) is 7.70. The number of fused-ring (bicyclic) bond motifs is 2. The molecule has 2 bridgehead atoms. The Morgan fingerprint density at radius 3 is 2.29 bits per heavy atom. The molecule has 1 aromatic heterocycles. The van der Waals surface area contributed by atoms with E-state index in [2.05, 4.69) is 26.3 Å². The molecule has 3 aromatic rings. The van der Waals surface area contributed by atoms with E-state index in [1.807, 2.05) is 49.4 Å². The van der Waals surface area contributed by atoms with Crippen LogP contribution in [-0.2, 0) is 30.4 Å². The van der Waals surface area contributed by atoms with Crippen LogP contribution in [0.4, 0.5) is 0 Å². The topological polar surface area (TPSA) is 179 Å². The summed E-state index contributed by atoms with van der Waals surface area (Å²) in [4.78, 5) is 87.5. The van der Waals surface area contributed by atoms with E-state index in [0.29, 0.717) is 17.2 Å². The number of carbonyl (C=O) groups excluding carboxylic acids is 6. The molecule has 278 valence electrons. The normalized spacial score (nSPS) is 21.4. The summed E-state index contributed by atoms with van der Waals surface area (Å²) in [5.74, 6) is -3.00. The van der Waals surface area contributed by atoms with Crippen molar-refractivity contribution in [3.8, 4) is 5.75 Å². The third kappa shape index (κ3) is 10.8. The lowest BCUT2D eigenvalue weighted by Gasteiger charge is -2.29. The van der Waals surface area contributed by atoms with Crippen molar-refractivity contribution in [3.05, 3.63) is 81.8 Å². The van der Waals surface area contributed by atoms with Crippen LogP contribution in [-0.4, -0.2) is 102 Å². The molecular formula is C37H47N7O7S. The minimum Gasteiger partial charge on any atom is -0.484 e. The Bertz CT molecular complexity index is 1750. The number of nitrogens with one attached hydrogen (secondary N) is 4. The largest absolute Gasteiger partial charge is 0.484 e. The number of aromatic nitrogens is 1. The third-order valence-corrected chi connectivity index (χ3v) is 9.56. The zero-order valence-electron chi connectivity index (χ0n) is 30.3. The van der Waals surface area contributed by atoms with Crippen LogP contribution in [0.3, 0.4) is 0 Å². The van der Waals surface area contributed by atoms with Gasteiger partial charge >= 0.3 is 0 Å². The first-order valence-corrected chi connectivity index (χ1v) is 18.0. The molecule has 0 fully saturated rings. The molecule has 52 heavy (non-hydrogen) atoms. The minimum absolute atomic E-state index is 0.0141. The number of carbonyl (C=O) groups is 6. The summed E-state index contributed by atoms with van der Waals surface area (Å²) < 4.78 is 5.81. The van der Waals surface area contributed by atoms with Crippen LogP contribution in [0, 0.1) is 12.8 Å². The number of ether oxygens (including phenoxy) is 1. The molecule has 0 saturated carbocycles. The van der Waals surface area contributed by atoms with Gasteiger partial charge in [0.2, 0.25) is 23.6 Å². The van der Waals surface area contributed by atoms with E-state index in [1.54, 1.807) is 31.4 Å². The number of para-hydroxylation sites is 1. The van der Waals surface area contributed by atoms with Gasteiger partial charge in [-0.1, -0.05) is 62.4 Å². The van der Waals surface area contributed by atoms with Gasteiger partial charge in [0.1, 0.15) is 34.6 Å². The first-order chi connectivity index (χ1) is 24.7. The highest BCUT2D eigenvalue weighted by atomic mass is 32.1. The number of benzene rings is 2. The maximum absolute atomic E-state index is 13.7. The third-order valence-electron chi connectivity index (χ3n) is 8.60. The number of thiazole rings is 1. The average molecular weight is 734 g/mol. The molecule has 4 rings (SSSR count). The lowest BCUT2D eigenvalue weighted by Crippen LogP contribution is -2.57. The second-order valence-electron chi connectivity index (χ2n) is 13.2. The first kappa shape index (κ1) is 39.5. The Morgan fingerprint density at radius 1 is 0.904 bits per heavy atom. The zero-order valence-corrected chi connectivity index (χ0v) is 31.1. The van der Waals surface area contributed by atoms with Crippen molar-refractivity contribution < 1.29 is 33.5 Å². The van der Waals surface area contributed by atoms with Gasteiger partial charge in [0.25, 0.3) is 11.8 Å². The second-order valence-corrected chi connectivity index (χ2v) is 14.1. The van der Waals surface area contributed by atoms with Crippen LogP contribution in [0.2, 0.25) is 0 Å². The Balaban J connectivity index is 1.65. The molecule has 15 heteroatoms. The Labute approximate surface area is 307 Å². The van der Waals surface area contributed by atoms with Gasteiger partial charge in [-0.2, -0.15) is 0 Å². The van der Waals surface area contributed by atoms with Crippen molar-refractivity contribution in [2.45, 2.75) is 65.2 Å². The van der Waals surface area contributed by atoms with E-state index in [-0.39, 0.29) is 37.9 Å². The summed E-state index contributed by atoms with van der Waals surface area (Å²) in [7, 11) is 1.54. The smallest absolute Gasteiger partial charge is 0.271 e. The van der Waals surface area contributed by atoms with Crippen molar-refractivity contribution >= 4 is 46.8 Å². The molecule has 4 atom stereocenters. The molecule has 4 N–H and O–H groups in total. The molecule has 0 aliphatic carbocycles. The van der Waals surface area contributed by atoms with Gasteiger partial charge in [0, 0.05) is 25.5 Å². The molecule has 1 aliphatic heterocycles. The molecule has 0 saturated heterocycles. The number of amides is 6. The van der Waals surface area contributed by atoms with Gasteiger partial charge in [0.05, 0.1) is 12.6 Å². The summed E-state index contributed by atoms with van der Waals surface area (Å²) in [5.41, 5.74) is 1.79. The van der Waals surface area contributed by atoms with Gasteiger partial charge in [-0.05, 0) is 50.3 Å². The zero-order chi connectivity index (χ0) is 37.9. The lowest BCUT2D eigenvalue weighted by atomic mass is 10.0. The van der Waals surface area contributed by atoms with Crippen LogP contribution >= 0.6 is 11.3 Å². The van der Waals surface area contributed by atoms with Crippen LogP contribution in [0.5, 0.6) is 5.75 Å². The van der Waals surface area contributed by atoms with Crippen molar-refractivity contribution in [1.82, 2.24) is 36.1 Å². The van der Waals surface area contributed by atoms with Gasteiger partial charge in [-0.15, -0.1) is 11.3 Å². The summed E-state index contributed by atoms with van der Waals surface area (Å²) in [6, 6.07) is 13.0. The highest BCUT2D eigenvalue weighted by Crippen LogP contribution is 2.23. The Morgan fingerprint density at radius 2 is 1.60 bits per heavy atom. The van der Waals surface area contributed by atoms with Gasteiger partial charge in [0.15, 0.2) is 6.61 Å². The minimum atomic E-state index is -1.02. The van der Waals surface area contributed by atoms with Gasteiger partial charge in [-0.3, -0.25) is 28.8 Å². The summed E-state index contributed by atoms with van der Waals surface area (Å²) in [5, 5.41) is 13.0. The fourth-order valence-corrected chi connectivity index (χ4v) is 6.33. The van der Waals surface area contributed by atoms with Crippen LogP contribution in [0.25, 0.3) is 0 Å². The highest BCUT2D eigenvalue weighted by Gasteiger charge is 2.31. The molecule has 2 heterocycles. The van der Waals surface area contributed by atoms with E-state index >= 15 is 0 Å². The van der Waals surface area contributed by atoms with Gasteiger partial charge in [-0.25, -0.2) is 4.98 Å². The molecule has 0 spiro atoms. The summed E-state index contributed by atoms with van der Waals surface area (Å²) >= 11 is 1.17. The molecule has 1 aliphatic rings. The highest BCUT2D eigenvalue weighted by molar-refractivity contribution is 7.09. The first-order valence-electron chi connectivity index (χ1n) is 17.1. The van der Waals surface area contributed by atoms with E-state index < -0.39 is 59.6 Å². The van der Waals surface area contributed by atoms with E-state index in [4.69, 9.17) is 4.74 Å². The van der Waals surface area contributed by atoms with Crippen molar-refractivity contribution in [2.24, 2.45) is 5.92 Å². The van der Waals surface area contributed by atoms with Gasteiger partial charge < -0.3 is 35.8 Å².